The first-order chi connectivity index (χ1) is 16.8. The third-order valence-corrected chi connectivity index (χ3v) is 5.64. The maximum atomic E-state index is 13.1. The second-order valence-corrected chi connectivity index (χ2v) is 8.92. The smallest absolute Gasteiger partial charge is 0.289 e. The molecule has 0 bridgehead atoms. The summed E-state index contributed by atoms with van der Waals surface area (Å²) in [6.07, 6.45) is 11.3. The van der Waals surface area contributed by atoms with E-state index < -0.39 is 0 Å². The van der Waals surface area contributed by atoms with Crippen LogP contribution in [0.25, 0.3) is 0 Å². The van der Waals surface area contributed by atoms with Crippen LogP contribution in [0.1, 0.15) is 73.2 Å². The minimum atomic E-state index is -0.350. The van der Waals surface area contributed by atoms with Crippen molar-refractivity contribution in [1.29, 1.82) is 0 Å². The van der Waals surface area contributed by atoms with Crippen LogP contribution in [0.2, 0.25) is 0 Å². The average molecular weight is 482 g/mol. The lowest BCUT2D eigenvalue weighted by molar-refractivity contribution is 0.0719. The van der Waals surface area contributed by atoms with Gasteiger partial charge < -0.3 is 20.2 Å². The number of imidazole rings is 2. The molecule has 0 spiro atoms. The summed E-state index contributed by atoms with van der Waals surface area (Å²) in [7, 11) is 0. The van der Waals surface area contributed by atoms with E-state index in [1.54, 1.807) is 29.7 Å². The van der Waals surface area contributed by atoms with Crippen molar-refractivity contribution in [3.8, 4) is 0 Å². The average Bonchev–Trinajstić information content (AvgIpc) is 3.54. The zero-order valence-corrected chi connectivity index (χ0v) is 20.9. The van der Waals surface area contributed by atoms with Crippen LogP contribution < -0.4 is 5.32 Å². The molecular formula is C24H35N9O2. The minimum Gasteiger partial charge on any atom is -0.349 e. The van der Waals surface area contributed by atoms with Crippen molar-refractivity contribution in [3.63, 3.8) is 0 Å². The van der Waals surface area contributed by atoms with Gasteiger partial charge >= 0.3 is 0 Å². The number of nitrogens with one attached hydrogen (secondary N) is 3. The summed E-state index contributed by atoms with van der Waals surface area (Å²) in [5.41, 5.74) is 0.280. The molecule has 0 unspecified atom stereocenters. The van der Waals surface area contributed by atoms with Gasteiger partial charge in [-0.1, -0.05) is 0 Å². The number of carbonyl (C=O) groups is 2. The van der Waals surface area contributed by atoms with E-state index in [4.69, 9.17) is 0 Å². The molecule has 3 aromatic heterocycles. The maximum absolute atomic E-state index is 13.1. The molecule has 2 amide bonds. The highest BCUT2D eigenvalue weighted by atomic mass is 16.2. The molecule has 3 N–H and O–H groups in total. The molecule has 0 radical (unpaired) electrons. The first-order valence-corrected chi connectivity index (χ1v) is 12.0. The van der Waals surface area contributed by atoms with Gasteiger partial charge in [-0.3, -0.25) is 14.5 Å². The Morgan fingerprint density at radius 1 is 0.886 bits per heavy atom. The molecule has 11 nitrogen and oxygen atoms in total. The van der Waals surface area contributed by atoms with E-state index in [0.717, 1.165) is 19.4 Å². The molecule has 0 aliphatic carbocycles. The molecule has 3 aromatic rings. The quantitative estimate of drug-likeness (QED) is 0.319. The lowest BCUT2D eigenvalue weighted by atomic mass is 10.2. The molecule has 0 aliphatic heterocycles. The Morgan fingerprint density at radius 2 is 1.46 bits per heavy atom. The number of rotatable bonds is 13. The summed E-state index contributed by atoms with van der Waals surface area (Å²) >= 11 is 0. The van der Waals surface area contributed by atoms with Crippen molar-refractivity contribution >= 4 is 11.8 Å². The Hall–Kier alpha value is -3.60. The predicted octanol–water partition coefficient (Wildman–Crippen LogP) is 2.39. The molecule has 0 fully saturated rings. The van der Waals surface area contributed by atoms with E-state index in [1.165, 1.54) is 12.4 Å². The van der Waals surface area contributed by atoms with E-state index in [2.05, 4.69) is 67.8 Å². The van der Waals surface area contributed by atoms with Gasteiger partial charge in [0, 0.05) is 55.8 Å². The second-order valence-electron chi connectivity index (χ2n) is 8.92. The number of nitrogens with zero attached hydrogens (tertiary/aromatic N) is 6. The molecule has 0 aliphatic rings. The van der Waals surface area contributed by atoms with E-state index in [9.17, 15) is 9.59 Å². The van der Waals surface area contributed by atoms with Gasteiger partial charge in [0.1, 0.15) is 11.6 Å². The predicted molar refractivity (Wildman–Crippen MR) is 131 cm³/mol. The van der Waals surface area contributed by atoms with Crippen LogP contribution in [0, 0.1) is 0 Å². The van der Waals surface area contributed by atoms with E-state index >= 15 is 0 Å². The van der Waals surface area contributed by atoms with Gasteiger partial charge in [-0.2, -0.15) is 0 Å². The van der Waals surface area contributed by atoms with Gasteiger partial charge in [0.25, 0.3) is 11.8 Å². The zero-order chi connectivity index (χ0) is 25.2. The Labute approximate surface area is 205 Å². The number of hydrogen-bond donors (Lipinski definition) is 3. The van der Waals surface area contributed by atoms with Crippen LogP contribution in [-0.4, -0.2) is 76.7 Å². The van der Waals surface area contributed by atoms with Crippen molar-refractivity contribution in [1.82, 2.24) is 45.0 Å². The molecule has 188 valence electrons. The number of carbonyl (C=O) groups excluding carboxylic acids is 2. The third-order valence-electron chi connectivity index (χ3n) is 5.64. The van der Waals surface area contributed by atoms with Gasteiger partial charge in [0.2, 0.25) is 5.82 Å². The van der Waals surface area contributed by atoms with Crippen molar-refractivity contribution < 1.29 is 9.59 Å². The van der Waals surface area contributed by atoms with Crippen molar-refractivity contribution in [3.05, 3.63) is 60.2 Å². The fraction of sp³-hybridized carbons (Fsp3) is 0.500. The van der Waals surface area contributed by atoms with Crippen LogP contribution in [0.15, 0.2) is 37.2 Å². The van der Waals surface area contributed by atoms with E-state index in [0.29, 0.717) is 30.3 Å². The standard InChI is InChI=1S/C24H35N9O2/c1-17(2)33(18(3)4)12-6-5-7-29-23(34)22-30-13-19(14-31-22)24(35)32(15-20-25-8-9-26-20)16-21-27-10-11-28-21/h8-11,13-14,17-18H,5-7,12,15-16H2,1-4H3,(H,25,26)(H,27,28)(H,29,34). The highest BCUT2D eigenvalue weighted by Gasteiger charge is 2.20. The van der Waals surface area contributed by atoms with Crippen molar-refractivity contribution in [2.45, 2.75) is 65.7 Å². The topological polar surface area (TPSA) is 136 Å². The van der Waals surface area contributed by atoms with Crippen LogP contribution in [0.4, 0.5) is 0 Å². The number of amides is 2. The number of unbranched alkanes of at least 4 members (excludes halogenated alkanes) is 1. The Kier molecular flexibility index (Phi) is 9.47. The highest BCUT2D eigenvalue weighted by molar-refractivity contribution is 5.94. The number of H-pyrrole nitrogens is 2. The van der Waals surface area contributed by atoms with Gasteiger partial charge in [0.15, 0.2) is 0 Å². The van der Waals surface area contributed by atoms with Crippen LogP contribution in [0.3, 0.4) is 0 Å². The zero-order valence-electron chi connectivity index (χ0n) is 20.9. The molecular weight excluding hydrogens is 446 g/mol. The Bertz CT molecular complexity index is 987. The van der Waals surface area contributed by atoms with Gasteiger partial charge in [0.05, 0.1) is 18.7 Å². The largest absolute Gasteiger partial charge is 0.349 e. The summed E-state index contributed by atoms with van der Waals surface area (Å²) in [5.74, 6) is 0.691. The molecule has 11 heteroatoms. The third kappa shape index (κ3) is 7.71. The summed E-state index contributed by atoms with van der Waals surface area (Å²) in [6, 6.07) is 0.988. The van der Waals surface area contributed by atoms with Gasteiger partial charge in [-0.05, 0) is 47.1 Å². The molecule has 3 heterocycles. The SMILES string of the molecule is CC(C)N(CCCCNC(=O)c1ncc(C(=O)N(Cc2ncc[nH]2)Cc2ncc[nH]2)cn1)C(C)C. The maximum Gasteiger partial charge on any atom is 0.289 e. The molecule has 35 heavy (non-hydrogen) atoms. The van der Waals surface area contributed by atoms with E-state index in [-0.39, 0.29) is 36.3 Å². The van der Waals surface area contributed by atoms with E-state index in [1.807, 2.05) is 0 Å². The lowest BCUT2D eigenvalue weighted by Crippen LogP contribution is -2.38. The summed E-state index contributed by atoms with van der Waals surface area (Å²) in [6.45, 7) is 10.8. The molecule has 0 saturated heterocycles. The fourth-order valence-corrected chi connectivity index (χ4v) is 3.88. The highest BCUT2D eigenvalue weighted by Crippen LogP contribution is 2.11. The number of hydrogen-bond acceptors (Lipinski definition) is 7. The molecule has 0 atom stereocenters. The Balaban J connectivity index is 1.53. The summed E-state index contributed by atoms with van der Waals surface area (Å²) in [5, 5.41) is 2.86. The number of aromatic nitrogens is 6. The lowest BCUT2D eigenvalue weighted by Gasteiger charge is -2.30. The van der Waals surface area contributed by atoms with Gasteiger partial charge in [-0.15, -0.1) is 0 Å². The second kappa shape index (κ2) is 12.7. The van der Waals surface area contributed by atoms with Crippen LogP contribution >= 0.6 is 0 Å². The summed E-state index contributed by atoms with van der Waals surface area (Å²) in [4.78, 5) is 52.2. The minimum absolute atomic E-state index is 0.0381. The monoisotopic (exact) mass is 481 g/mol. The number of aromatic amines is 2. The van der Waals surface area contributed by atoms with Gasteiger partial charge in [-0.25, -0.2) is 19.9 Å². The first kappa shape index (κ1) is 26.0. The first-order valence-electron chi connectivity index (χ1n) is 12.0. The molecule has 3 rings (SSSR count). The Morgan fingerprint density at radius 3 is 1.94 bits per heavy atom. The summed E-state index contributed by atoms with van der Waals surface area (Å²) < 4.78 is 0. The van der Waals surface area contributed by atoms with Crippen LogP contribution in [-0.2, 0) is 13.1 Å². The molecule has 0 aromatic carbocycles. The van der Waals surface area contributed by atoms with Crippen LogP contribution in [0.5, 0.6) is 0 Å². The normalized spacial score (nSPS) is 11.4. The van der Waals surface area contributed by atoms with Crippen molar-refractivity contribution in [2.75, 3.05) is 13.1 Å². The van der Waals surface area contributed by atoms with Crippen molar-refractivity contribution in [2.24, 2.45) is 0 Å². The molecule has 0 saturated carbocycles. The fourth-order valence-electron chi connectivity index (χ4n) is 3.88.